The molecule has 2 aromatic carbocycles. The van der Waals surface area contributed by atoms with Crippen LogP contribution >= 0.6 is 23.2 Å². The highest BCUT2D eigenvalue weighted by molar-refractivity contribution is 6.33. The van der Waals surface area contributed by atoms with Crippen molar-refractivity contribution in [1.82, 2.24) is 0 Å². The van der Waals surface area contributed by atoms with Crippen molar-refractivity contribution in [2.24, 2.45) is 0 Å². The second-order valence-corrected chi connectivity index (χ2v) is 5.50. The fourth-order valence-electron chi connectivity index (χ4n) is 1.90. The molecule has 0 aliphatic heterocycles. The molecule has 3 N–H and O–H groups in total. The summed E-state index contributed by atoms with van der Waals surface area (Å²) in [5.74, 6) is -0.237. The van der Waals surface area contributed by atoms with Crippen LogP contribution in [0.15, 0.2) is 30.3 Å². The molecular formula is C15H14Cl2N2O. The lowest BCUT2D eigenvalue weighted by Crippen LogP contribution is -2.13. The molecule has 0 aromatic heterocycles. The van der Waals surface area contributed by atoms with Gasteiger partial charge in [0.05, 0.1) is 10.7 Å². The number of halogens is 2. The number of nitrogens with two attached hydrogens (primary N) is 1. The van der Waals surface area contributed by atoms with Crippen molar-refractivity contribution in [2.75, 3.05) is 11.1 Å². The van der Waals surface area contributed by atoms with Gasteiger partial charge in [-0.15, -0.1) is 0 Å². The molecule has 0 fully saturated rings. The van der Waals surface area contributed by atoms with Crippen LogP contribution in [0.25, 0.3) is 0 Å². The van der Waals surface area contributed by atoms with E-state index in [0.29, 0.717) is 27.0 Å². The van der Waals surface area contributed by atoms with Gasteiger partial charge in [0.2, 0.25) is 0 Å². The molecule has 1 amide bonds. The van der Waals surface area contributed by atoms with Gasteiger partial charge in [0.15, 0.2) is 0 Å². The summed E-state index contributed by atoms with van der Waals surface area (Å²) >= 11 is 11.9. The van der Waals surface area contributed by atoms with Crippen molar-refractivity contribution in [2.45, 2.75) is 13.8 Å². The van der Waals surface area contributed by atoms with Crippen LogP contribution < -0.4 is 11.1 Å². The minimum atomic E-state index is -0.237. The SMILES string of the molecule is Cc1cc(Cl)cc(C(=O)Nc2cc(Cl)c(N)cc2C)c1. The summed E-state index contributed by atoms with van der Waals surface area (Å²) in [4.78, 5) is 12.2. The average molecular weight is 309 g/mol. The Hall–Kier alpha value is -1.71. The molecule has 0 aliphatic rings. The van der Waals surface area contributed by atoms with Crippen molar-refractivity contribution < 1.29 is 4.79 Å². The zero-order valence-electron chi connectivity index (χ0n) is 11.1. The van der Waals surface area contributed by atoms with E-state index in [9.17, 15) is 4.79 Å². The van der Waals surface area contributed by atoms with Gasteiger partial charge in [0, 0.05) is 16.3 Å². The predicted octanol–water partition coefficient (Wildman–Crippen LogP) is 4.44. The highest BCUT2D eigenvalue weighted by Gasteiger charge is 2.10. The van der Waals surface area contributed by atoms with Gasteiger partial charge in [-0.1, -0.05) is 23.2 Å². The van der Waals surface area contributed by atoms with Crippen LogP contribution in [0.4, 0.5) is 11.4 Å². The third-order valence-electron chi connectivity index (χ3n) is 2.90. The van der Waals surface area contributed by atoms with Gasteiger partial charge in [0.25, 0.3) is 5.91 Å². The molecule has 3 nitrogen and oxygen atoms in total. The summed E-state index contributed by atoms with van der Waals surface area (Å²) in [6, 6.07) is 8.56. The maximum absolute atomic E-state index is 12.2. The molecule has 0 bridgehead atoms. The van der Waals surface area contributed by atoms with Crippen LogP contribution in [0.1, 0.15) is 21.5 Å². The Balaban J connectivity index is 2.30. The number of benzene rings is 2. The van der Waals surface area contributed by atoms with Crippen LogP contribution in [0, 0.1) is 13.8 Å². The summed E-state index contributed by atoms with van der Waals surface area (Å²) in [5.41, 5.74) is 9.10. The highest BCUT2D eigenvalue weighted by Crippen LogP contribution is 2.27. The predicted molar refractivity (Wildman–Crippen MR) is 84.7 cm³/mol. The minimum absolute atomic E-state index is 0.237. The molecule has 0 saturated carbocycles. The van der Waals surface area contributed by atoms with Gasteiger partial charge in [-0.2, -0.15) is 0 Å². The maximum atomic E-state index is 12.2. The van der Waals surface area contributed by atoms with E-state index in [2.05, 4.69) is 5.32 Å². The van der Waals surface area contributed by atoms with Gasteiger partial charge in [-0.3, -0.25) is 4.79 Å². The molecule has 20 heavy (non-hydrogen) atoms. The van der Waals surface area contributed by atoms with Crippen LogP contribution in [0.5, 0.6) is 0 Å². The highest BCUT2D eigenvalue weighted by atomic mass is 35.5. The van der Waals surface area contributed by atoms with Crippen LogP contribution in [-0.4, -0.2) is 5.91 Å². The van der Waals surface area contributed by atoms with Gasteiger partial charge in [-0.25, -0.2) is 0 Å². The Bertz CT molecular complexity index is 664. The van der Waals surface area contributed by atoms with E-state index >= 15 is 0 Å². The summed E-state index contributed by atoms with van der Waals surface area (Å²) < 4.78 is 0. The molecule has 0 spiro atoms. The second-order valence-electron chi connectivity index (χ2n) is 4.66. The van der Waals surface area contributed by atoms with E-state index in [4.69, 9.17) is 28.9 Å². The summed E-state index contributed by atoms with van der Waals surface area (Å²) in [6.07, 6.45) is 0. The average Bonchev–Trinajstić information content (AvgIpc) is 2.34. The third kappa shape index (κ3) is 3.24. The molecule has 0 saturated heterocycles. The number of rotatable bonds is 2. The quantitative estimate of drug-likeness (QED) is 0.806. The maximum Gasteiger partial charge on any atom is 0.255 e. The lowest BCUT2D eigenvalue weighted by Gasteiger charge is -2.11. The number of carbonyl (C=O) groups is 1. The topological polar surface area (TPSA) is 55.1 Å². The number of carbonyl (C=O) groups excluding carboxylic acids is 1. The number of nitrogen functional groups attached to an aromatic ring is 1. The zero-order chi connectivity index (χ0) is 14.9. The second kappa shape index (κ2) is 5.73. The number of hydrogen-bond donors (Lipinski definition) is 2. The van der Waals surface area contributed by atoms with Crippen LogP contribution in [0.3, 0.4) is 0 Å². The van der Waals surface area contributed by atoms with E-state index in [0.717, 1.165) is 11.1 Å². The molecular weight excluding hydrogens is 295 g/mol. The van der Waals surface area contributed by atoms with E-state index in [1.54, 1.807) is 30.3 Å². The van der Waals surface area contributed by atoms with Gasteiger partial charge >= 0.3 is 0 Å². The number of anilines is 2. The smallest absolute Gasteiger partial charge is 0.255 e. The van der Waals surface area contributed by atoms with Crippen LogP contribution in [0.2, 0.25) is 10.0 Å². The molecule has 2 aromatic rings. The number of nitrogens with one attached hydrogen (secondary N) is 1. The van der Waals surface area contributed by atoms with E-state index in [1.165, 1.54) is 0 Å². The normalized spacial score (nSPS) is 10.4. The third-order valence-corrected chi connectivity index (χ3v) is 3.44. The Morgan fingerprint density at radius 3 is 2.45 bits per heavy atom. The number of aryl methyl sites for hydroxylation is 2. The van der Waals surface area contributed by atoms with Crippen LogP contribution in [-0.2, 0) is 0 Å². The number of amides is 1. The van der Waals surface area contributed by atoms with Crippen molar-refractivity contribution in [1.29, 1.82) is 0 Å². The van der Waals surface area contributed by atoms with Crippen molar-refractivity contribution in [3.8, 4) is 0 Å². The standard InChI is InChI=1S/C15H14Cl2N2O/c1-8-3-10(6-11(16)4-8)15(20)19-14-7-12(17)13(18)5-9(14)2/h3-7H,18H2,1-2H3,(H,19,20). The Morgan fingerprint density at radius 1 is 1.10 bits per heavy atom. The molecule has 0 heterocycles. The lowest BCUT2D eigenvalue weighted by atomic mass is 10.1. The van der Waals surface area contributed by atoms with Crippen molar-refractivity contribution in [3.63, 3.8) is 0 Å². The van der Waals surface area contributed by atoms with Gasteiger partial charge in [-0.05, 0) is 55.3 Å². The van der Waals surface area contributed by atoms with Gasteiger partial charge in [0.1, 0.15) is 0 Å². The largest absolute Gasteiger partial charge is 0.398 e. The number of hydrogen-bond acceptors (Lipinski definition) is 2. The van der Waals surface area contributed by atoms with E-state index in [1.807, 2.05) is 13.8 Å². The summed E-state index contributed by atoms with van der Waals surface area (Å²) in [5, 5.41) is 3.75. The molecule has 0 atom stereocenters. The Kier molecular flexibility index (Phi) is 4.21. The van der Waals surface area contributed by atoms with Crippen molar-refractivity contribution in [3.05, 3.63) is 57.1 Å². The molecule has 104 valence electrons. The fraction of sp³-hybridized carbons (Fsp3) is 0.133. The monoisotopic (exact) mass is 308 g/mol. The zero-order valence-corrected chi connectivity index (χ0v) is 12.6. The molecule has 5 heteroatoms. The fourth-order valence-corrected chi connectivity index (χ4v) is 2.35. The summed E-state index contributed by atoms with van der Waals surface area (Å²) in [6.45, 7) is 3.74. The van der Waals surface area contributed by atoms with E-state index < -0.39 is 0 Å². The Morgan fingerprint density at radius 2 is 1.80 bits per heavy atom. The Labute approximate surface area is 127 Å². The first-order valence-corrected chi connectivity index (χ1v) is 6.76. The molecule has 0 unspecified atom stereocenters. The first kappa shape index (κ1) is 14.7. The lowest BCUT2D eigenvalue weighted by molar-refractivity contribution is 0.102. The minimum Gasteiger partial charge on any atom is -0.398 e. The van der Waals surface area contributed by atoms with Crippen molar-refractivity contribution >= 4 is 40.5 Å². The first-order valence-electron chi connectivity index (χ1n) is 6.01. The van der Waals surface area contributed by atoms with E-state index in [-0.39, 0.29) is 5.91 Å². The first-order chi connectivity index (χ1) is 9.36. The van der Waals surface area contributed by atoms with Gasteiger partial charge < -0.3 is 11.1 Å². The molecule has 0 aliphatic carbocycles. The summed E-state index contributed by atoms with van der Waals surface area (Å²) in [7, 11) is 0. The molecule has 0 radical (unpaired) electrons. The molecule has 2 rings (SSSR count).